The normalized spacial score (nSPS) is 12.2. The van der Waals surface area contributed by atoms with Crippen molar-refractivity contribution in [1.29, 1.82) is 0 Å². The van der Waals surface area contributed by atoms with Crippen LogP contribution < -0.4 is 4.74 Å². The predicted octanol–water partition coefficient (Wildman–Crippen LogP) is 6.06. The van der Waals surface area contributed by atoms with Gasteiger partial charge in [-0.1, -0.05) is 41.9 Å². The molecule has 0 amide bonds. The van der Waals surface area contributed by atoms with Gasteiger partial charge in [-0.3, -0.25) is 0 Å². The van der Waals surface area contributed by atoms with Gasteiger partial charge in [0.05, 0.1) is 0 Å². The second-order valence-electron chi connectivity index (χ2n) is 4.89. The third-order valence-electron chi connectivity index (χ3n) is 3.43. The Labute approximate surface area is 123 Å². The van der Waals surface area contributed by atoms with E-state index in [9.17, 15) is 0 Å². The molecule has 0 aliphatic carbocycles. The Morgan fingerprint density at radius 2 is 1.79 bits per heavy atom. The summed E-state index contributed by atoms with van der Waals surface area (Å²) in [6, 6.07) is 14.4. The van der Waals surface area contributed by atoms with Gasteiger partial charge in [0.1, 0.15) is 11.5 Å². The highest BCUT2D eigenvalue weighted by Gasteiger charge is 2.05. The molecule has 2 rings (SSSR count). The molecule has 2 aromatic rings. The Balaban J connectivity index is 2.15. The van der Waals surface area contributed by atoms with Crippen LogP contribution in [0.25, 0.3) is 0 Å². The molecule has 0 aliphatic heterocycles. The first-order valence-corrected chi connectivity index (χ1v) is 7.43. The van der Waals surface area contributed by atoms with E-state index in [1.807, 2.05) is 31.2 Å². The Morgan fingerprint density at radius 3 is 2.37 bits per heavy atom. The minimum absolute atomic E-state index is 0.600. The third-order valence-corrected chi connectivity index (χ3v) is 3.92. The van der Waals surface area contributed by atoms with Crippen molar-refractivity contribution in [3.63, 3.8) is 0 Å². The van der Waals surface area contributed by atoms with E-state index in [0.29, 0.717) is 5.92 Å². The van der Waals surface area contributed by atoms with E-state index in [2.05, 4.69) is 48.0 Å². The highest BCUT2D eigenvalue weighted by molar-refractivity contribution is 9.10. The molecule has 19 heavy (non-hydrogen) atoms. The maximum atomic E-state index is 5.91. The molecule has 0 heterocycles. The molecule has 0 aliphatic rings. The summed E-state index contributed by atoms with van der Waals surface area (Å²) in [7, 11) is 0. The van der Waals surface area contributed by atoms with Gasteiger partial charge in [-0.15, -0.1) is 0 Å². The monoisotopic (exact) mass is 318 g/mol. The van der Waals surface area contributed by atoms with Gasteiger partial charge < -0.3 is 4.74 Å². The quantitative estimate of drug-likeness (QED) is 0.665. The van der Waals surface area contributed by atoms with E-state index in [1.54, 1.807) is 0 Å². The van der Waals surface area contributed by atoms with Crippen molar-refractivity contribution in [3.8, 4) is 11.5 Å². The van der Waals surface area contributed by atoms with Gasteiger partial charge >= 0.3 is 0 Å². The molecular weight excluding hydrogens is 300 g/mol. The zero-order chi connectivity index (χ0) is 13.8. The van der Waals surface area contributed by atoms with E-state index >= 15 is 0 Å². The second kappa shape index (κ2) is 6.25. The lowest BCUT2D eigenvalue weighted by atomic mass is 9.99. The molecule has 100 valence electrons. The van der Waals surface area contributed by atoms with Crippen LogP contribution in [-0.2, 0) is 0 Å². The minimum Gasteiger partial charge on any atom is -0.457 e. The molecule has 0 aromatic heterocycles. The highest BCUT2D eigenvalue weighted by Crippen LogP contribution is 2.28. The molecule has 1 nitrogen and oxygen atoms in total. The van der Waals surface area contributed by atoms with Crippen molar-refractivity contribution in [2.75, 3.05) is 0 Å². The lowest BCUT2D eigenvalue weighted by Gasteiger charge is -2.12. The number of hydrogen-bond acceptors (Lipinski definition) is 1. The zero-order valence-corrected chi connectivity index (χ0v) is 13.2. The fourth-order valence-corrected chi connectivity index (χ4v) is 2.43. The summed E-state index contributed by atoms with van der Waals surface area (Å²) in [6.45, 7) is 6.50. The molecule has 1 atom stereocenters. The van der Waals surface area contributed by atoms with Gasteiger partial charge in [0.15, 0.2) is 0 Å². The molecule has 2 heteroatoms. The standard InChI is InChI=1S/C17H19BrO/c1-4-12(2)14-5-8-16(9-6-14)19-17-10-7-15(18)11-13(17)3/h5-12H,4H2,1-3H3. The first-order chi connectivity index (χ1) is 9.10. The van der Waals surface area contributed by atoms with Crippen molar-refractivity contribution in [2.45, 2.75) is 33.1 Å². The fraction of sp³-hybridized carbons (Fsp3) is 0.294. The molecule has 0 fully saturated rings. The van der Waals surface area contributed by atoms with Crippen LogP contribution in [0.15, 0.2) is 46.9 Å². The van der Waals surface area contributed by atoms with E-state index in [-0.39, 0.29) is 0 Å². The molecule has 1 unspecified atom stereocenters. The van der Waals surface area contributed by atoms with Crippen molar-refractivity contribution < 1.29 is 4.74 Å². The van der Waals surface area contributed by atoms with E-state index < -0.39 is 0 Å². The van der Waals surface area contributed by atoms with Gasteiger partial charge in [-0.2, -0.15) is 0 Å². The van der Waals surface area contributed by atoms with E-state index in [4.69, 9.17) is 4.74 Å². The van der Waals surface area contributed by atoms with Gasteiger partial charge in [0, 0.05) is 4.47 Å². The zero-order valence-electron chi connectivity index (χ0n) is 11.6. The lowest BCUT2D eigenvalue weighted by Crippen LogP contribution is -1.92. The SMILES string of the molecule is CCC(C)c1ccc(Oc2ccc(Br)cc2C)cc1. The number of ether oxygens (including phenoxy) is 1. The Kier molecular flexibility index (Phi) is 4.65. The minimum atomic E-state index is 0.600. The summed E-state index contributed by atoms with van der Waals surface area (Å²) in [4.78, 5) is 0. The van der Waals surface area contributed by atoms with Crippen LogP contribution in [0.4, 0.5) is 0 Å². The summed E-state index contributed by atoms with van der Waals surface area (Å²) >= 11 is 3.46. The summed E-state index contributed by atoms with van der Waals surface area (Å²) < 4.78 is 6.99. The summed E-state index contributed by atoms with van der Waals surface area (Å²) in [5.74, 6) is 2.39. The number of hydrogen-bond donors (Lipinski definition) is 0. The summed E-state index contributed by atoms with van der Waals surface area (Å²) in [5, 5.41) is 0. The molecule has 0 saturated carbocycles. The number of halogens is 1. The van der Waals surface area contributed by atoms with Crippen LogP contribution in [0.5, 0.6) is 11.5 Å². The molecule has 2 aromatic carbocycles. The highest BCUT2D eigenvalue weighted by atomic mass is 79.9. The Hall–Kier alpha value is -1.28. The van der Waals surface area contributed by atoms with Crippen molar-refractivity contribution in [2.24, 2.45) is 0 Å². The maximum Gasteiger partial charge on any atom is 0.130 e. The largest absolute Gasteiger partial charge is 0.457 e. The number of rotatable bonds is 4. The van der Waals surface area contributed by atoms with Crippen LogP contribution >= 0.6 is 15.9 Å². The second-order valence-corrected chi connectivity index (χ2v) is 5.81. The molecule has 0 saturated heterocycles. The maximum absolute atomic E-state index is 5.91. The average molecular weight is 319 g/mol. The van der Waals surface area contributed by atoms with Crippen molar-refractivity contribution in [3.05, 3.63) is 58.1 Å². The number of benzene rings is 2. The topological polar surface area (TPSA) is 9.23 Å². The van der Waals surface area contributed by atoms with Crippen LogP contribution in [0.3, 0.4) is 0 Å². The van der Waals surface area contributed by atoms with Crippen LogP contribution in [0.1, 0.15) is 37.3 Å². The van der Waals surface area contributed by atoms with Crippen molar-refractivity contribution in [1.82, 2.24) is 0 Å². The van der Waals surface area contributed by atoms with Crippen LogP contribution in [0.2, 0.25) is 0 Å². The van der Waals surface area contributed by atoms with Gasteiger partial charge in [0.2, 0.25) is 0 Å². The molecule has 0 spiro atoms. The summed E-state index contributed by atoms with van der Waals surface area (Å²) in [6.07, 6.45) is 1.16. The van der Waals surface area contributed by atoms with Crippen LogP contribution in [-0.4, -0.2) is 0 Å². The third kappa shape index (κ3) is 3.60. The lowest BCUT2D eigenvalue weighted by molar-refractivity contribution is 0.478. The molecule has 0 bridgehead atoms. The van der Waals surface area contributed by atoms with Crippen LogP contribution in [0, 0.1) is 6.92 Å². The smallest absolute Gasteiger partial charge is 0.130 e. The molecule has 0 N–H and O–H groups in total. The predicted molar refractivity (Wildman–Crippen MR) is 84.1 cm³/mol. The van der Waals surface area contributed by atoms with Gasteiger partial charge in [-0.05, 0) is 60.7 Å². The fourth-order valence-electron chi connectivity index (χ4n) is 1.95. The summed E-state index contributed by atoms with van der Waals surface area (Å²) in [5.41, 5.74) is 2.49. The average Bonchev–Trinajstić information content (AvgIpc) is 2.42. The van der Waals surface area contributed by atoms with E-state index in [0.717, 1.165) is 28.0 Å². The molecular formula is C17H19BrO. The Morgan fingerprint density at radius 1 is 1.11 bits per heavy atom. The van der Waals surface area contributed by atoms with Gasteiger partial charge in [0.25, 0.3) is 0 Å². The van der Waals surface area contributed by atoms with Gasteiger partial charge in [-0.25, -0.2) is 0 Å². The van der Waals surface area contributed by atoms with E-state index in [1.165, 1.54) is 5.56 Å². The van der Waals surface area contributed by atoms with Crippen molar-refractivity contribution >= 4 is 15.9 Å². The first kappa shape index (κ1) is 14.1. The molecule has 0 radical (unpaired) electrons. The Bertz CT molecular complexity index is 546. The first-order valence-electron chi connectivity index (χ1n) is 6.64. The number of aryl methyl sites for hydroxylation is 1.